The maximum atomic E-state index is 11.3. The smallest absolute Gasteiger partial charge is 0.309 e. The van der Waals surface area contributed by atoms with Crippen LogP contribution in [0.15, 0.2) is 0 Å². The predicted octanol–water partition coefficient (Wildman–Crippen LogP) is 3.55. The second-order valence-electron chi connectivity index (χ2n) is 4.56. The first kappa shape index (κ1) is 12.5. The van der Waals surface area contributed by atoms with E-state index in [1.807, 2.05) is 6.92 Å². The summed E-state index contributed by atoms with van der Waals surface area (Å²) in [4.78, 5) is 11.3. The van der Waals surface area contributed by atoms with E-state index in [1.54, 1.807) is 0 Å². The summed E-state index contributed by atoms with van der Waals surface area (Å²) in [6.45, 7) is 4.64. The topological polar surface area (TPSA) is 26.3 Å². The van der Waals surface area contributed by atoms with Crippen molar-refractivity contribution in [2.75, 3.05) is 6.61 Å². The minimum absolute atomic E-state index is 0.0380. The highest BCUT2D eigenvalue weighted by molar-refractivity contribution is 5.75. The molecule has 0 N–H and O–H groups in total. The van der Waals surface area contributed by atoms with Gasteiger partial charge >= 0.3 is 5.97 Å². The van der Waals surface area contributed by atoms with Crippen LogP contribution in [0, 0.1) is 11.8 Å². The molecule has 0 heterocycles. The van der Waals surface area contributed by atoms with Crippen LogP contribution < -0.4 is 0 Å². The summed E-state index contributed by atoms with van der Waals surface area (Å²) in [6.07, 6.45) is 8.94. The quantitative estimate of drug-likeness (QED) is 0.454. The van der Waals surface area contributed by atoms with Crippen LogP contribution in [0.2, 0.25) is 0 Å². The van der Waals surface area contributed by atoms with Gasteiger partial charge in [-0.1, -0.05) is 39.0 Å². The zero-order valence-corrected chi connectivity index (χ0v) is 10.1. The SMILES string of the molecule is CCCCCCC[C@H]1C[C@@H]1C(=O)OCC. The van der Waals surface area contributed by atoms with Gasteiger partial charge < -0.3 is 4.74 Å². The van der Waals surface area contributed by atoms with Crippen molar-refractivity contribution in [1.82, 2.24) is 0 Å². The van der Waals surface area contributed by atoms with Crippen LogP contribution in [0.25, 0.3) is 0 Å². The average molecular weight is 212 g/mol. The highest BCUT2D eigenvalue weighted by Crippen LogP contribution is 2.43. The third-order valence-electron chi connectivity index (χ3n) is 3.19. The Morgan fingerprint density at radius 2 is 1.93 bits per heavy atom. The molecule has 1 rings (SSSR count). The van der Waals surface area contributed by atoms with Gasteiger partial charge in [0.05, 0.1) is 12.5 Å². The molecule has 0 bridgehead atoms. The molecule has 15 heavy (non-hydrogen) atoms. The van der Waals surface area contributed by atoms with E-state index in [-0.39, 0.29) is 11.9 Å². The summed E-state index contributed by atoms with van der Waals surface area (Å²) in [5.41, 5.74) is 0. The summed E-state index contributed by atoms with van der Waals surface area (Å²) in [7, 11) is 0. The molecule has 1 aliphatic rings. The molecule has 0 aromatic rings. The lowest BCUT2D eigenvalue weighted by atomic mass is 10.1. The molecule has 0 unspecified atom stereocenters. The van der Waals surface area contributed by atoms with Crippen LogP contribution >= 0.6 is 0 Å². The van der Waals surface area contributed by atoms with Gasteiger partial charge in [0.2, 0.25) is 0 Å². The minimum Gasteiger partial charge on any atom is -0.466 e. The van der Waals surface area contributed by atoms with Crippen molar-refractivity contribution in [3.05, 3.63) is 0 Å². The number of hydrogen-bond donors (Lipinski definition) is 0. The Kier molecular flexibility index (Phi) is 5.74. The van der Waals surface area contributed by atoms with Gasteiger partial charge in [0.1, 0.15) is 0 Å². The van der Waals surface area contributed by atoms with E-state index >= 15 is 0 Å². The van der Waals surface area contributed by atoms with Crippen LogP contribution in [-0.2, 0) is 9.53 Å². The monoisotopic (exact) mass is 212 g/mol. The maximum Gasteiger partial charge on any atom is 0.309 e. The minimum atomic E-state index is 0.0380. The lowest BCUT2D eigenvalue weighted by molar-refractivity contribution is -0.145. The molecular formula is C13H24O2. The number of hydrogen-bond acceptors (Lipinski definition) is 2. The molecule has 1 fully saturated rings. The molecule has 2 heteroatoms. The number of ether oxygens (including phenoxy) is 1. The van der Waals surface area contributed by atoms with Gasteiger partial charge in [0, 0.05) is 0 Å². The molecule has 0 radical (unpaired) electrons. The van der Waals surface area contributed by atoms with Crippen molar-refractivity contribution in [3.8, 4) is 0 Å². The van der Waals surface area contributed by atoms with E-state index < -0.39 is 0 Å². The lowest BCUT2D eigenvalue weighted by Gasteiger charge is -2.01. The van der Waals surface area contributed by atoms with E-state index in [2.05, 4.69) is 6.92 Å². The van der Waals surface area contributed by atoms with E-state index in [1.165, 1.54) is 38.5 Å². The number of carbonyl (C=O) groups is 1. The highest BCUT2D eigenvalue weighted by Gasteiger charge is 2.43. The third kappa shape index (κ3) is 4.67. The number of unbranched alkanes of at least 4 members (excludes halogenated alkanes) is 4. The van der Waals surface area contributed by atoms with Crippen LogP contribution in [0.3, 0.4) is 0 Å². The van der Waals surface area contributed by atoms with Gasteiger partial charge in [-0.05, 0) is 25.7 Å². The normalized spacial score (nSPS) is 23.9. The van der Waals surface area contributed by atoms with Gasteiger partial charge in [-0.25, -0.2) is 0 Å². The largest absolute Gasteiger partial charge is 0.466 e. The van der Waals surface area contributed by atoms with Gasteiger partial charge in [-0.3, -0.25) is 4.79 Å². The van der Waals surface area contributed by atoms with Gasteiger partial charge in [-0.15, -0.1) is 0 Å². The molecular weight excluding hydrogens is 188 g/mol. The highest BCUT2D eigenvalue weighted by atomic mass is 16.5. The Bertz CT molecular complexity index is 189. The maximum absolute atomic E-state index is 11.3. The Morgan fingerprint density at radius 3 is 2.60 bits per heavy atom. The fourth-order valence-corrected chi connectivity index (χ4v) is 2.11. The van der Waals surface area contributed by atoms with Crippen molar-refractivity contribution < 1.29 is 9.53 Å². The number of rotatable bonds is 8. The molecule has 0 aromatic heterocycles. The first-order chi connectivity index (χ1) is 7.29. The zero-order valence-electron chi connectivity index (χ0n) is 10.1. The lowest BCUT2D eigenvalue weighted by Crippen LogP contribution is -2.07. The van der Waals surface area contributed by atoms with Crippen LogP contribution in [0.1, 0.15) is 58.8 Å². The van der Waals surface area contributed by atoms with Crippen LogP contribution in [0.5, 0.6) is 0 Å². The Balaban J connectivity index is 1.95. The number of carbonyl (C=O) groups excluding carboxylic acids is 1. The van der Waals surface area contributed by atoms with Crippen LogP contribution in [-0.4, -0.2) is 12.6 Å². The summed E-state index contributed by atoms with van der Waals surface area (Å²) in [5, 5.41) is 0. The molecule has 1 saturated carbocycles. The van der Waals surface area contributed by atoms with Crippen molar-refractivity contribution in [2.45, 2.75) is 58.8 Å². The Hall–Kier alpha value is -0.530. The summed E-state index contributed by atoms with van der Waals surface area (Å²) in [5.74, 6) is 0.929. The second kappa shape index (κ2) is 6.86. The Labute approximate surface area is 93.4 Å². The summed E-state index contributed by atoms with van der Waals surface area (Å²) >= 11 is 0. The van der Waals surface area contributed by atoms with Gasteiger partial charge in [0.25, 0.3) is 0 Å². The Morgan fingerprint density at radius 1 is 1.20 bits per heavy atom. The molecule has 0 aromatic carbocycles. The molecule has 0 aliphatic heterocycles. The molecule has 88 valence electrons. The molecule has 2 nitrogen and oxygen atoms in total. The molecule has 0 saturated heterocycles. The van der Waals surface area contributed by atoms with Crippen molar-refractivity contribution in [3.63, 3.8) is 0 Å². The van der Waals surface area contributed by atoms with Crippen molar-refractivity contribution >= 4 is 5.97 Å². The summed E-state index contributed by atoms with van der Waals surface area (Å²) < 4.78 is 5.00. The van der Waals surface area contributed by atoms with Crippen LogP contribution in [0.4, 0.5) is 0 Å². The van der Waals surface area contributed by atoms with E-state index in [0.29, 0.717) is 12.5 Å². The van der Waals surface area contributed by atoms with Gasteiger partial charge in [-0.2, -0.15) is 0 Å². The van der Waals surface area contributed by atoms with Crippen molar-refractivity contribution in [1.29, 1.82) is 0 Å². The first-order valence-electron chi connectivity index (χ1n) is 6.46. The van der Waals surface area contributed by atoms with Crippen molar-refractivity contribution in [2.24, 2.45) is 11.8 Å². The molecule has 2 atom stereocenters. The average Bonchev–Trinajstić information content (AvgIpc) is 2.97. The standard InChI is InChI=1S/C13H24O2/c1-3-5-6-7-8-9-11-10-12(11)13(14)15-4-2/h11-12H,3-10H2,1-2H3/t11-,12-/m0/s1. The van der Waals surface area contributed by atoms with E-state index in [9.17, 15) is 4.79 Å². The number of esters is 1. The van der Waals surface area contributed by atoms with E-state index in [4.69, 9.17) is 4.74 Å². The van der Waals surface area contributed by atoms with E-state index in [0.717, 1.165) is 6.42 Å². The summed E-state index contributed by atoms with van der Waals surface area (Å²) in [6, 6.07) is 0. The zero-order chi connectivity index (χ0) is 11.1. The van der Waals surface area contributed by atoms with Gasteiger partial charge in [0.15, 0.2) is 0 Å². The first-order valence-corrected chi connectivity index (χ1v) is 6.46. The third-order valence-corrected chi connectivity index (χ3v) is 3.19. The predicted molar refractivity (Wildman–Crippen MR) is 61.6 cm³/mol. The molecule has 0 amide bonds. The fourth-order valence-electron chi connectivity index (χ4n) is 2.11. The fraction of sp³-hybridized carbons (Fsp3) is 0.923. The molecule has 1 aliphatic carbocycles. The second-order valence-corrected chi connectivity index (χ2v) is 4.56. The molecule has 0 spiro atoms.